The Balaban J connectivity index is 1.28. The molecule has 1 saturated heterocycles. The van der Waals surface area contributed by atoms with Crippen LogP contribution >= 0.6 is 0 Å². The van der Waals surface area contributed by atoms with Crippen molar-refractivity contribution in [1.82, 2.24) is 14.0 Å². The van der Waals surface area contributed by atoms with E-state index in [1.807, 2.05) is 12.1 Å². The van der Waals surface area contributed by atoms with Gasteiger partial charge in [0.1, 0.15) is 12.4 Å². The molecule has 1 aromatic heterocycles. The van der Waals surface area contributed by atoms with Crippen molar-refractivity contribution in [2.45, 2.75) is 19.4 Å². The lowest BCUT2D eigenvalue weighted by atomic mass is 10.2. The van der Waals surface area contributed by atoms with Crippen molar-refractivity contribution in [1.29, 1.82) is 0 Å². The molecule has 2 aromatic rings. The number of hydrogen-bond donors (Lipinski definition) is 2. The highest BCUT2D eigenvalue weighted by Gasteiger charge is 2.26. The van der Waals surface area contributed by atoms with Crippen LogP contribution in [0.2, 0.25) is 0 Å². The molecule has 0 aliphatic carbocycles. The van der Waals surface area contributed by atoms with E-state index in [9.17, 15) is 14.7 Å². The van der Waals surface area contributed by atoms with E-state index in [2.05, 4.69) is 21.2 Å². The highest BCUT2D eigenvalue weighted by atomic mass is 16.6. The Bertz CT molecular complexity index is 1070. The van der Waals surface area contributed by atoms with Crippen LogP contribution in [-0.4, -0.2) is 77.7 Å². The lowest BCUT2D eigenvalue weighted by Gasteiger charge is -2.38. The normalized spacial score (nSPS) is 18.4. The number of ether oxygens (including phenoxy) is 2. The summed E-state index contributed by atoms with van der Waals surface area (Å²) in [6, 6.07) is 5.89. The van der Waals surface area contributed by atoms with Crippen LogP contribution in [0.5, 0.6) is 11.5 Å². The van der Waals surface area contributed by atoms with Gasteiger partial charge in [-0.25, -0.2) is 4.79 Å². The predicted octanol–water partition coefficient (Wildman–Crippen LogP) is 0.149. The summed E-state index contributed by atoms with van der Waals surface area (Å²) in [4.78, 5) is 29.1. The molecule has 1 aromatic carbocycles. The topological polar surface area (TPSA) is 101 Å². The summed E-state index contributed by atoms with van der Waals surface area (Å²) in [5.41, 5.74) is 0.998. The van der Waals surface area contributed by atoms with Gasteiger partial charge in [-0.15, -0.1) is 0 Å². The Morgan fingerprint density at radius 2 is 1.88 bits per heavy atom. The van der Waals surface area contributed by atoms with Crippen LogP contribution < -0.4 is 30.9 Å². The van der Waals surface area contributed by atoms with Crippen LogP contribution in [0.3, 0.4) is 0 Å². The largest absolute Gasteiger partial charge is 0.484 e. The Morgan fingerprint density at radius 1 is 1.12 bits per heavy atom. The van der Waals surface area contributed by atoms with Crippen molar-refractivity contribution in [2.24, 2.45) is 14.1 Å². The summed E-state index contributed by atoms with van der Waals surface area (Å²) in [5, 5.41) is 12.6. The van der Waals surface area contributed by atoms with Gasteiger partial charge in [0, 0.05) is 46.8 Å². The molecule has 0 radical (unpaired) electrons. The first kappa shape index (κ1) is 23.2. The number of piperazine rings is 1. The average Bonchev–Trinajstić information content (AvgIpc) is 2.85. The molecule has 10 nitrogen and oxygen atoms in total. The molecule has 3 heterocycles. The van der Waals surface area contributed by atoms with Crippen LogP contribution in [0.25, 0.3) is 0 Å². The van der Waals surface area contributed by atoms with Crippen LogP contribution in [0.4, 0.5) is 11.5 Å². The van der Waals surface area contributed by atoms with Crippen molar-refractivity contribution < 1.29 is 14.6 Å². The van der Waals surface area contributed by atoms with E-state index in [0.717, 1.165) is 55.1 Å². The molecule has 1 fully saturated rings. The minimum atomic E-state index is -0.325. The monoisotopic (exact) mass is 459 g/mol. The van der Waals surface area contributed by atoms with Crippen molar-refractivity contribution in [2.75, 3.05) is 62.7 Å². The number of rotatable bonds is 7. The lowest BCUT2D eigenvalue weighted by molar-refractivity contribution is 0.0459. The standard InChI is InChI=1S/C23H33N5O5/c1-16-21(25(2)23(31)26(3)22(16)30)24-8-5-9-27-10-12-28(13-11-27)18-6-4-7-19-20(18)32-15-17(14-29)33-19/h4,6-7,17,24,29H,5,8-15H2,1-3H3. The average molecular weight is 460 g/mol. The molecule has 0 bridgehead atoms. The SMILES string of the molecule is Cc1c(NCCCN2CCN(c3cccc4c3OCC(CO)O4)CC2)n(C)c(=O)n(C)c1=O. The van der Waals surface area contributed by atoms with E-state index in [1.54, 1.807) is 14.0 Å². The number of fused-ring (bicyclic) bond motifs is 1. The maximum Gasteiger partial charge on any atom is 0.332 e. The third-order valence-electron chi connectivity index (χ3n) is 6.42. The summed E-state index contributed by atoms with van der Waals surface area (Å²) in [6.45, 7) is 7.30. The molecule has 33 heavy (non-hydrogen) atoms. The van der Waals surface area contributed by atoms with Crippen LogP contribution in [0.1, 0.15) is 12.0 Å². The zero-order valence-electron chi connectivity index (χ0n) is 19.5. The first-order valence-electron chi connectivity index (χ1n) is 11.4. The molecule has 2 N–H and O–H groups in total. The molecule has 2 aliphatic rings. The molecule has 1 unspecified atom stereocenters. The minimum absolute atomic E-state index is 0.0615. The number of aromatic nitrogens is 2. The van der Waals surface area contributed by atoms with Crippen molar-refractivity contribution in [3.8, 4) is 11.5 Å². The third kappa shape index (κ3) is 4.72. The minimum Gasteiger partial charge on any atom is -0.484 e. The smallest absolute Gasteiger partial charge is 0.332 e. The van der Waals surface area contributed by atoms with Gasteiger partial charge in [-0.3, -0.25) is 18.8 Å². The van der Waals surface area contributed by atoms with Crippen molar-refractivity contribution in [3.05, 3.63) is 44.6 Å². The molecule has 180 valence electrons. The molecule has 2 aliphatic heterocycles. The highest BCUT2D eigenvalue weighted by Crippen LogP contribution is 2.40. The number of aliphatic hydroxyl groups is 1. The van der Waals surface area contributed by atoms with E-state index in [-0.39, 0.29) is 24.0 Å². The van der Waals surface area contributed by atoms with Gasteiger partial charge in [-0.1, -0.05) is 6.07 Å². The molecule has 0 spiro atoms. The van der Waals surface area contributed by atoms with Gasteiger partial charge in [0.25, 0.3) is 5.56 Å². The second-order valence-corrected chi connectivity index (χ2v) is 8.63. The summed E-state index contributed by atoms with van der Waals surface area (Å²) >= 11 is 0. The van der Waals surface area contributed by atoms with Gasteiger partial charge in [0.15, 0.2) is 17.6 Å². The number of benzene rings is 1. The summed E-state index contributed by atoms with van der Waals surface area (Å²) in [5.74, 6) is 2.04. The van der Waals surface area contributed by atoms with Gasteiger partial charge >= 0.3 is 5.69 Å². The molecule has 4 rings (SSSR count). The molecule has 1 atom stereocenters. The zero-order chi connectivity index (χ0) is 23.5. The van der Waals surface area contributed by atoms with Gasteiger partial charge in [-0.05, 0) is 32.0 Å². The molecular weight excluding hydrogens is 426 g/mol. The van der Waals surface area contributed by atoms with Gasteiger partial charge in [0.05, 0.1) is 17.9 Å². The number of para-hydroxylation sites is 1. The number of anilines is 2. The van der Waals surface area contributed by atoms with Gasteiger partial charge in [-0.2, -0.15) is 0 Å². The van der Waals surface area contributed by atoms with Crippen molar-refractivity contribution in [3.63, 3.8) is 0 Å². The fourth-order valence-corrected chi connectivity index (χ4v) is 4.46. The first-order valence-corrected chi connectivity index (χ1v) is 11.4. The van der Waals surface area contributed by atoms with Gasteiger partial charge in [0.2, 0.25) is 0 Å². The fourth-order valence-electron chi connectivity index (χ4n) is 4.46. The summed E-state index contributed by atoms with van der Waals surface area (Å²) < 4.78 is 14.3. The number of aliphatic hydroxyl groups excluding tert-OH is 1. The van der Waals surface area contributed by atoms with E-state index in [1.165, 1.54) is 11.6 Å². The van der Waals surface area contributed by atoms with E-state index in [4.69, 9.17) is 9.47 Å². The summed E-state index contributed by atoms with van der Waals surface area (Å²) in [6.07, 6.45) is 0.589. The third-order valence-corrected chi connectivity index (χ3v) is 6.42. The Labute approximate surface area is 192 Å². The fraction of sp³-hybridized carbons (Fsp3) is 0.565. The maximum absolute atomic E-state index is 12.2. The number of nitrogens with zero attached hydrogens (tertiary/aromatic N) is 4. The quantitative estimate of drug-likeness (QED) is 0.565. The lowest BCUT2D eigenvalue weighted by Crippen LogP contribution is -2.47. The van der Waals surface area contributed by atoms with Crippen molar-refractivity contribution >= 4 is 11.5 Å². The summed E-state index contributed by atoms with van der Waals surface area (Å²) in [7, 11) is 3.18. The van der Waals surface area contributed by atoms with Crippen LogP contribution in [0.15, 0.2) is 27.8 Å². The first-order chi connectivity index (χ1) is 15.9. The zero-order valence-corrected chi connectivity index (χ0v) is 19.5. The molecule has 0 saturated carbocycles. The Kier molecular flexibility index (Phi) is 6.94. The molecular formula is C23H33N5O5. The molecule has 0 amide bonds. The predicted molar refractivity (Wildman–Crippen MR) is 127 cm³/mol. The van der Waals surface area contributed by atoms with E-state index in [0.29, 0.717) is 30.3 Å². The van der Waals surface area contributed by atoms with E-state index < -0.39 is 0 Å². The van der Waals surface area contributed by atoms with Crippen LogP contribution in [0, 0.1) is 6.92 Å². The molecule has 10 heteroatoms. The number of nitrogens with one attached hydrogen (secondary N) is 1. The highest BCUT2D eigenvalue weighted by molar-refractivity contribution is 5.65. The number of hydrogen-bond acceptors (Lipinski definition) is 8. The van der Waals surface area contributed by atoms with Gasteiger partial charge < -0.3 is 24.8 Å². The Hall–Kier alpha value is -2.98. The second-order valence-electron chi connectivity index (χ2n) is 8.63. The van der Waals surface area contributed by atoms with Crippen LogP contribution in [-0.2, 0) is 14.1 Å². The Morgan fingerprint density at radius 3 is 2.61 bits per heavy atom. The second kappa shape index (κ2) is 9.88. The maximum atomic E-state index is 12.2. The van der Waals surface area contributed by atoms with E-state index >= 15 is 0 Å².